The van der Waals surface area contributed by atoms with Crippen LogP contribution in [0.15, 0.2) is 60.8 Å². The van der Waals surface area contributed by atoms with E-state index in [9.17, 15) is 18.0 Å². The summed E-state index contributed by atoms with van der Waals surface area (Å²) in [7, 11) is 1.57. The van der Waals surface area contributed by atoms with Crippen LogP contribution in [0.2, 0.25) is 0 Å². The van der Waals surface area contributed by atoms with Crippen LogP contribution in [0.1, 0.15) is 10.5 Å². The molecular formula is C19H16F3N3O4. The number of carbonyl (C=O) groups is 1. The maximum atomic E-state index is 12.2. The Balaban J connectivity index is 1.54. The Morgan fingerprint density at radius 3 is 2.24 bits per heavy atom. The minimum atomic E-state index is -4.77. The number of amides is 1. The summed E-state index contributed by atoms with van der Waals surface area (Å²) in [4.78, 5) is 12.2. The number of alkyl halides is 3. The van der Waals surface area contributed by atoms with Crippen LogP contribution < -0.4 is 19.5 Å². The Bertz CT molecular complexity index is 954. The molecule has 0 aliphatic carbocycles. The highest BCUT2D eigenvalue weighted by Gasteiger charge is 2.30. The number of rotatable bonds is 7. The molecule has 1 aromatic heterocycles. The molecule has 0 atom stereocenters. The van der Waals surface area contributed by atoms with Crippen molar-refractivity contribution in [3.63, 3.8) is 0 Å². The SMILES string of the molecule is COc1ccc(OCn2ccc(C(=O)Nc3ccc(OC(F)(F)F)cc3)n2)cc1. The first kappa shape index (κ1) is 20.1. The summed E-state index contributed by atoms with van der Waals surface area (Å²) in [5.74, 6) is 0.412. The van der Waals surface area contributed by atoms with Crippen LogP contribution in [0.25, 0.3) is 0 Å². The van der Waals surface area contributed by atoms with E-state index in [0.717, 1.165) is 12.1 Å². The first-order chi connectivity index (χ1) is 13.8. The minimum absolute atomic E-state index is 0.0864. The van der Waals surface area contributed by atoms with Crippen molar-refractivity contribution in [2.75, 3.05) is 12.4 Å². The highest BCUT2D eigenvalue weighted by Crippen LogP contribution is 2.24. The molecule has 0 saturated carbocycles. The number of aromatic nitrogens is 2. The summed E-state index contributed by atoms with van der Waals surface area (Å²) in [5.41, 5.74) is 0.424. The third kappa shape index (κ3) is 5.89. The summed E-state index contributed by atoms with van der Waals surface area (Å²) >= 11 is 0. The van der Waals surface area contributed by atoms with Crippen molar-refractivity contribution in [3.05, 3.63) is 66.5 Å². The van der Waals surface area contributed by atoms with Gasteiger partial charge in [-0.3, -0.25) is 4.79 Å². The quantitative estimate of drug-likeness (QED) is 0.639. The number of nitrogens with zero attached hydrogens (tertiary/aromatic N) is 2. The number of methoxy groups -OCH3 is 1. The first-order valence-electron chi connectivity index (χ1n) is 8.30. The monoisotopic (exact) mass is 407 g/mol. The van der Waals surface area contributed by atoms with Gasteiger partial charge in [0.1, 0.15) is 17.2 Å². The lowest BCUT2D eigenvalue weighted by Gasteiger charge is -2.09. The summed E-state index contributed by atoms with van der Waals surface area (Å²) < 4.78 is 52.3. The second kappa shape index (κ2) is 8.55. The number of anilines is 1. The molecule has 0 aliphatic heterocycles. The normalized spacial score (nSPS) is 11.0. The Hall–Kier alpha value is -3.69. The van der Waals surface area contributed by atoms with Crippen molar-refractivity contribution in [2.45, 2.75) is 13.1 Å². The molecule has 152 valence electrons. The van der Waals surface area contributed by atoms with Gasteiger partial charge in [0.2, 0.25) is 0 Å². The molecule has 10 heteroatoms. The van der Waals surface area contributed by atoms with Crippen molar-refractivity contribution in [3.8, 4) is 17.2 Å². The predicted molar refractivity (Wildman–Crippen MR) is 96.9 cm³/mol. The lowest BCUT2D eigenvalue weighted by Crippen LogP contribution is -2.17. The van der Waals surface area contributed by atoms with Gasteiger partial charge < -0.3 is 19.5 Å². The third-order valence-electron chi connectivity index (χ3n) is 3.64. The Kier molecular flexibility index (Phi) is 5.91. The van der Waals surface area contributed by atoms with E-state index in [0.29, 0.717) is 17.2 Å². The van der Waals surface area contributed by atoms with Gasteiger partial charge in [-0.2, -0.15) is 5.10 Å². The second-order valence-electron chi connectivity index (χ2n) is 5.72. The van der Waals surface area contributed by atoms with Gasteiger partial charge >= 0.3 is 6.36 Å². The summed E-state index contributed by atoms with van der Waals surface area (Å²) in [6, 6.07) is 13.3. The predicted octanol–water partition coefficient (Wildman–Crippen LogP) is 4.08. The van der Waals surface area contributed by atoms with E-state index in [1.54, 1.807) is 37.6 Å². The third-order valence-corrected chi connectivity index (χ3v) is 3.64. The van der Waals surface area contributed by atoms with Crippen molar-refractivity contribution in [1.29, 1.82) is 0 Å². The molecule has 0 unspecified atom stereocenters. The number of carbonyl (C=O) groups excluding carboxylic acids is 1. The molecule has 0 fully saturated rings. The van der Waals surface area contributed by atoms with Crippen molar-refractivity contribution < 1.29 is 32.2 Å². The standard InChI is InChI=1S/C19H16F3N3O4/c1-27-14-6-8-15(9-7-14)28-12-25-11-10-17(24-25)18(26)23-13-2-4-16(5-3-13)29-19(20,21)22/h2-11H,12H2,1H3,(H,23,26). The van der Waals surface area contributed by atoms with Gasteiger partial charge in [0, 0.05) is 11.9 Å². The molecule has 29 heavy (non-hydrogen) atoms. The maximum absolute atomic E-state index is 12.2. The molecule has 7 nitrogen and oxygen atoms in total. The van der Waals surface area contributed by atoms with Crippen LogP contribution in [-0.4, -0.2) is 29.2 Å². The van der Waals surface area contributed by atoms with Crippen molar-refractivity contribution in [1.82, 2.24) is 9.78 Å². The van der Waals surface area contributed by atoms with Gasteiger partial charge in [0.15, 0.2) is 12.4 Å². The van der Waals surface area contributed by atoms with E-state index in [1.165, 1.54) is 22.9 Å². The fourth-order valence-corrected chi connectivity index (χ4v) is 2.30. The molecule has 0 spiro atoms. The minimum Gasteiger partial charge on any atom is -0.497 e. The van der Waals surface area contributed by atoms with Gasteiger partial charge in [-0.15, -0.1) is 13.2 Å². The van der Waals surface area contributed by atoms with E-state index in [1.807, 2.05) is 0 Å². The van der Waals surface area contributed by atoms with E-state index in [-0.39, 0.29) is 18.2 Å². The zero-order valence-electron chi connectivity index (χ0n) is 15.1. The Morgan fingerprint density at radius 2 is 1.62 bits per heavy atom. The van der Waals surface area contributed by atoms with Gasteiger partial charge in [-0.25, -0.2) is 4.68 Å². The molecule has 1 heterocycles. The van der Waals surface area contributed by atoms with Crippen molar-refractivity contribution >= 4 is 11.6 Å². The van der Waals surface area contributed by atoms with Gasteiger partial charge in [-0.1, -0.05) is 0 Å². The fourth-order valence-electron chi connectivity index (χ4n) is 2.30. The fraction of sp³-hybridized carbons (Fsp3) is 0.158. The largest absolute Gasteiger partial charge is 0.573 e. The smallest absolute Gasteiger partial charge is 0.497 e. The topological polar surface area (TPSA) is 74.6 Å². The van der Waals surface area contributed by atoms with E-state index < -0.39 is 12.3 Å². The summed E-state index contributed by atoms with van der Waals surface area (Å²) in [6.45, 7) is 0.0864. The Morgan fingerprint density at radius 1 is 1.00 bits per heavy atom. The van der Waals surface area contributed by atoms with Gasteiger partial charge in [0.25, 0.3) is 5.91 Å². The van der Waals surface area contributed by atoms with Gasteiger partial charge in [-0.05, 0) is 54.6 Å². The van der Waals surface area contributed by atoms with E-state index in [4.69, 9.17) is 9.47 Å². The number of hydrogen-bond acceptors (Lipinski definition) is 5. The number of ether oxygens (including phenoxy) is 3. The van der Waals surface area contributed by atoms with Crippen LogP contribution >= 0.6 is 0 Å². The lowest BCUT2D eigenvalue weighted by molar-refractivity contribution is -0.274. The van der Waals surface area contributed by atoms with Crippen molar-refractivity contribution in [2.24, 2.45) is 0 Å². The average Bonchev–Trinajstić information content (AvgIpc) is 3.16. The molecule has 3 aromatic rings. The number of hydrogen-bond donors (Lipinski definition) is 1. The molecule has 0 bridgehead atoms. The molecule has 0 aliphatic rings. The molecule has 1 N–H and O–H groups in total. The number of benzene rings is 2. The van der Waals surface area contributed by atoms with E-state index in [2.05, 4.69) is 15.2 Å². The van der Waals surface area contributed by atoms with Crippen LogP contribution in [0, 0.1) is 0 Å². The van der Waals surface area contributed by atoms with E-state index >= 15 is 0 Å². The summed E-state index contributed by atoms with van der Waals surface area (Å²) in [6.07, 6.45) is -3.20. The van der Waals surface area contributed by atoms with Crippen LogP contribution in [0.3, 0.4) is 0 Å². The highest BCUT2D eigenvalue weighted by atomic mass is 19.4. The molecule has 3 rings (SSSR count). The summed E-state index contributed by atoms with van der Waals surface area (Å²) in [5, 5.41) is 6.64. The molecule has 1 amide bonds. The lowest BCUT2D eigenvalue weighted by atomic mass is 10.3. The molecule has 2 aromatic carbocycles. The highest BCUT2D eigenvalue weighted by molar-refractivity contribution is 6.02. The number of halogens is 3. The zero-order chi connectivity index (χ0) is 20.9. The zero-order valence-corrected chi connectivity index (χ0v) is 15.1. The average molecular weight is 407 g/mol. The van der Waals surface area contributed by atoms with Crippen LogP contribution in [0.5, 0.6) is 17.2 Å². The van der Waals surface area contributed by atoms with Crippen LogP contribution in [-0.2, 0) is 6.73 Å². The Labute approximate surface area is 163 Å². The molecular weight excluding hydrogens is 391 g/mol. The van der Waals surface area contributed by atoms with Gasteiger partial charge in [0.05, 0.1) is 7.11 Å². The first-order valence-corrected chi connectivity index (χ1v) is 8.30. The molecule has 0 radical (unpaired) electrons. The molecule has 0 saturated heterocycles. The number of nitrogens with one attached hydrogen (secondary N) is 1. The van der Waals surface area contributed by atoms with Crippen LogP contribution in [0.4, 0.5) is 18.9 Å². The second-order valence-corrected chi connectivity index (χ2v) is 5.72. The maximum Gasteiger partial charge on any atom is 0.573 e.